The Morgan fingerprint density at radius 1 is 0.971 bits per heavy atom. The summed E-state index contributed by atoms with van der Waals surface area (Å²) in [6, 6.07) is 26.0. The number of aryl methyl sites for hydroxylation is 1. The van der Waals surface area contributed by atoms with Gasteiger partial charge in [-0.3, -0.25) is 9.79 Å². The number of hydrogen-bond donors (Lipinski definition) is 1. The summed E-state index contributed by atoms with van der Waals surface area (Å²) in [5.74, 6) is 0.280. The number of nitrogens with zero attached hydrogens (tertiary/aromatic N) is 2. The minimum atomic E-state index is -0.870. The number of amides is 1. The topological polar surface area (TPSA) is 53.9 Å². The van der Waals surface area contributed by atoms with Crippen LogP contribution in [0.5, 0.6) is 5.75 Å². The molecule has 2 heterocycles. The number of carbonyl (C=O) groups is 1. The predicted molar refractivity (Wildman–Crippen MR) is 142 cm³/mol. The zero-order valence-corrected chi connectivity index (χ0v) is 20.3. The summed E-state index contributed by atoms with van der Waals surface area (Å²) >= 11 is 0. The molecule has 4 aromatic carbocycles. The van der Waals surface area contributed by atoms with Crippen molar-refractivity contribution in [1.82, 2.24) is 0 Å². The molecule has 2 aliphatic heterocycles. The van der Waals surface area contributed by atoms with Crippen molar-refractivity contribution in [3.63, 3.8) is 0 Å². The van der Waals surface area contributed by atoms with E-state index in [1.54, 1.807) is 0 Å². The molecule has 1 N–H and O–H groups in total. The van der Waals surface area contributed by atoms with Gasteiger partial charge in [-0.25, -0.2) is 0 Å². The number of fused-ring (bicyclic) bond motifs is 4. The van der Waals surface area contributed by atoms with E-state index >= 15 is 0 Å². The van der Waals surface area contributed by atoms with Crippen LogP contribution in [0, 0.1) is 6.92 Å². The van der Waals surface area contributed by atoms with E-state index in [0.29, 0.717) is 17.0 Å². The largest absolute Gasteiger partial charge is 0.459 e. The maximum Gasteiger partial charge on any atom is 0.259 e. The summed E-state index contributed by atoms with van der Waals surface area (Å²) in [5, 5.41) is 4.94. The molecular weight excluding hydrogens is 434 g/mol. The van der Waals surface area contributed by atoms with Crippen LogP contribution in [0.2, 0.25) is 0 Å². The molecule has 1 atom stereocenters. The van der Waals surface area contributed by atoms with Crippen molar-refractivity contribution in [3.8, 4) is 5.75 Å². The van der Waals surface area contributed by atoms with Crippen LogP contribution in [-0.2, 0) is 5.41 Å². The van der Waals surface area contributed by atoms with Crippen molar-refractivity contribution in [1.29, 1.82) is 0 Å². The molecule has 5 nitrogen and oxygen atoms in total. The molecule has 35 heavy (non-hydrogen) atoms. The number of carbonyl (C=O) groups excluding carboxylic acids is 1. The lowest BCUT2D eigenvalue weighted by molar-refractivity contribution is 0.0797. The van der Waals surface area contributed by atoms with Crippen molar-refractivity contribution in [2.24, 2.45) is 4.99 Å². The first kappa shape index (κ1) is 21.4. The number of likely N-dealkylation sites (N-methyl/N-ethyl adjacent to an activating group) is 1. The molecule has 2 aliphatic rings. The predicted octanol–water partition coefficient (Wildman–Crippen LogP) is 6.62. The molecule has 0 aliphatic carbocycles. The minimum absolute atomic E-state index is 0.223. The monoisotopic (exact) mass is 461 g/mol. The van der Waals surface area contributed by atoms with Crippen molar-refractivity contribution in [3.05, 3.63) is 95.6 Å². The van der Waals surface area contributed by atoms with Crippen LogP contribution in [0.1, 0.15) is 35.3 Å². The Morgan fingerprint density at radius 3 is 2.46 bits per heavy atom. The third-order valence-electron chi connectivity index (χ3n) is 7.49. The summed E-state index contributed by atoms with van der Waals surface area (Å²) in [7, 11) is 2.03. The second kappa shape index (κ2) is 7.44. The fourth-order valence-corrected chi connectivity index (χ4v) is 5.41. The van der Waals surface area contributed by atoms with Gasteiger partial charge in [0.15, 0.2) is 5.75 Å². The van der Waals surface area contributed by atoms with E-state index in [1.807, 2.05) is 80.8 Å². The molecule has 1 unspecified atom stereocenters. The van der Waals surface area contributed by atoms with Gasteiger partial charge in [0, 0.05) is 23.8 Å². The number of ether oxygens (including phenoxy) is 1. The second-order valence-corrected chi connectivity index (χ2v) is 9.90. The molecule has 4 aromatic rings. The second-order valence-electron chi connectivity index (χ2n) is 9.90. The summed E-state index contributed by atoms with van der Waals surface area (Å²) in [6.45, 7) is 6.35. The molecule has 0 aromatic heterocycles. The standard InChI is InChI=1S/C30H27N3O2/c1-19-13-15-21(16-14-19)32-28(34)23-17-20-9-5-6-10-22(20)26-27(23)35-30(18-31-26)29(2,3)24-11-7-8-12-25(24)33(30)4/h5-18H,1-4H3,(H,32,34). The first-order valence-electron chi connectivity index (χ1n) is 11.8. The Bertz CT molecular complexity index is 1520. The van der Waals surface area contributed by atoms with Gasteiger partial charge < -0.3 is 15.0 Å². The van der Waals surface area contributed by atoms with Crippen LogP contribution in [0.3, 0.4) is 0 Å². The van der Waals surface area contributed by atoms with Gasteiger partial charge in [0.05, 0.1) is 17.2 Å². The van der Waals surface area contributed by atoms with Crippen LogP contribution in [0.15, 0.2) is 83.9 Å². The Morgan fingerprint density at radius 2 is 1.69 bits per heavy atom. The first-order valence-corrected chi connectivity index (χ1v) is 11.8. The molecule has 0 bridgehead atoms. The summed E-state index contributed by atoms with van der Waals surface area (Å²) in [5.41, 5.74) is 4.03. The Kier molecular flexibility index (Phi) is 4.55. The molecule has 6 rings (SSSR count). The van der Waals surface area contributed by atoms with E-state index in [2.05, 4.69) is 42.3 Å². The average molecular weight is 462 g/mol. The highest BCUT2D eigenvalue weighted by Gasteiger charge is 2.58. The number of rotatable bonds is 2. The van der Waals surface area contributed by atoms with Gasteiger partial charge in [0.2, 0.25) is 5.72 Å². The van der Waals surface area contributed by atoms with Crippen molar-refractivity contribution in [2.75, 3.05) is 17.3 Å². The summed E-state index contributed by atoms with van der Waals surface area (Å²) in [4.78, 5) is 20.7. The van der Waals surface area contributed by atoms with Crippen LogP contribution < -0.4 is 15.0 Å². The fourth-order valence-electron chi connectivity index (χ4n) is 5.41. The third kappa shape index (κ3) is 3.01. The van der Waals surface area contributed by atoms with E-state index in [1.165, 1.54) is 5.56 Å². The quantitative estimate of drug-likeness (QED) is 0.365. The highest BCUT2D eigenvalue weighted by atomic mass is 16.5. The molecule has 1 spiro atoms. The average Bonchev–Trinajstić information content (AvgIpc) is 3.03. The van der Waals surface area contributed by atoms with Crippen molar-refractivity contribution < 1.29 is 9.53 Å². The van der Waals surface area contributed by atoms with Crippen LogP contribution in [0.4, 0.5) is 17.1 Å². The molecule has 0 radical (unpaired) electrons. The SMILES string of the molecule is Cc1ccc(NC(=O)c2cc3ccccc3c3c2OC2(C=N3)N(C)c3ccccc3C2(C)C)cc1. The maximum absolute atomic E-state index is 13.6. The van der Waals surface area contributed by atoms with E-state index < -0.39 is 11.1 Å². The van der Waals surface area contributed by atoms with Gasteiger partial charge in [0.25, 0.3) is 5.91 Å². The minimum Gasteiger partial charge on any atom is -0.459 e. The Balaban J connectivity index is 1.51. The smallest absolute Gasteiger partial charge is 0.259 e. The first-order chi connectivity index (χ1) is 16.8. The molecular formula is C30H27N3O2. The Hall–Kier alpha value is -4.12. The van der Waals surface area contributed by atoms with E-state index in [9.17, 15) is 4.79 Å². The number of anilines is 2. The summed E-state index contributed by atoms with van der Waals surface area (Å²) in [6.07, 6.45) is 1.91. The number of para-hydroxylation sites is 1. The Labute approximate surface area is 205 Å². The highest BCUT2D eigenvalue weighted by Crippen LogP contribution is 2.54. The van der Waals surface area contributed by atoms with E-state index in [-0.39, 0.29) is 5.91 Å². The number of hydrogen-bond acceptors (Lipinski definition) is 4. The van der Waals surface area contributed by atoms with Gasteiger partial charge in [-0.05, 0) is 56.0 Å². The molecule has 1 amide bonds. The molecule has 0 fully saturated rings. The lowest BCUT2D eigenvalue weighted by atomic mass is 9.77. The number of aliphatic imine (C=N–C) groups is 1. The fraction of sp³-hybridized carbons (Fsp3) is 0.200. The maximum atomic E-state index is 13.6. The van der Waals surface area contributed by atoms with Gasteiger partial charge in [-0.15, -0.1) is 0 Å². The zero-order valence-electron chi connectivity index (χ0n) is 20.3. The zero-order chi connectivity index (χ0) is 24.4. The molecule has 0 saturated heterocycles. The number of benzene rings is 4. The highest BCUT2D eigenvalue weighted by molar-refractivity contribution is 6.13. The molecule has 174 valence electrons. The van der Waals surface area contributed by atoms with Gasteiger partial charge in [-0.2, -0.15) is 0 Å². The lowest BCUT2D eigenvalue weighted by Crippen LogP contribution is -2.61. The van der Waals surface area contributed by atoms with Gasteiger partial charge in [0.1, 0.15) is 5.69 Å². The molecule has 0 saturated carbocycles. The lowest BCUT2D eigenvalue weighted by Gasteiger charge is -2.45. The van der Waals surface area contributed by atoms with Crippen LogP contribution in [-0.4, -0.2) is 24.9 Å². The summed E-state index contributed by atoms with van der Waals surface area (Å²) < 4.78 is 6.92. The van der Waals surface area contributed by atoms with E-state index in [4.69, 9.17) is 9.73 Å². The normalized spacial score (nSPS) is 19.4. The molecule has 5 heteroatoms. The van der Waals surface area contributed by atoms with Crippen LogP contribution >= 0.6 is 0 Å². The van der Waals surface area contributed by atoms with Crippen LogP contribution in [0.25, 0.3) is 10.8 Å². The number of nitrogens with one attached hydrogen (secondary N) is 1. The van der Waals surface area contributed by atoms with Gasteiger partial charge in [-0.1, -0.05) is 60.2 Å². The van der Waals surface area contributed by atoms with Crippen molar-refractivity contribution in [2.45, 2.75) is 31.9 Å². The van der Waals surface area contributed by atoms with Crippen molar-refractivity contribution >= 4 is 40.0 Å². The van der Waals surface area contributed by atoms with Gasteiger partial charge >= 0.3 is 0 Å². The third-order valence-corrected chi connectivity index (χ3v) is 7.49. The van der Waals surface area contributed by atoms with E-state index in [0.717, 1.165) is 27.7 Å².